The molecule has 0 spiro atoms. The second kappa shape index (κ2) is 9.83. The van der Waals surface area contributed by atoms with Crippen LogP contribution in [0.1, 0.15) is 65.4 Å². The van der Waals surface area contributed by atoms with E-state index in [0.717, 1.165) is 12.0 Å². The van der Waals surface area contributed by atoms with Crippen LogP contribution in [0, 0.1) is 0 Å². The van der Waals surface area contributed by atoms with Crippen LogP contribution in [0.25, 0.3) is 16.8 Å². The number of ether oxygens (including phenoxy) is 1. The molecule has 1 aliphatic rings. The van der Waals surface area contributed by atoms with Crippen molar-refractivity contribution < 1.29 is 9.53 Å². The molecular formula is C32H36O2Si. The summed E-state index contributed by atoms with van der Waals surface area (Å²) in [6.07, 6.45) is 5.75. The monoisotopic (exact) mass is 480 g/mol. The van der Waals surface area contributed by atoms with Crippen molar-refractivity contribution in [3.8, 4) is 0 Å². The second-order valence-electron chi connectivity index (χ2n) is 11.0. The zero-order valence-corrected chi connectivity index (χ0v) is 22.8. The van der Waals surface area contributed by atoms with Crippen molar-refractivity contribution in [3.05, 3.63) is 112 Å². The minimum Gasteiger partial charge on any atom is -0.462 e. The van der Waals surface area contributed by atoms with E-state index in [0.29, 0.717) is 12.2 Å². The summed E-state index contributed by atoms with van der Waals surface area (Å²) in [5, 5.41) is 1.40. The summed E-state index contributed by atoms with van der Waals surface area (Å²) in [5.41, 5.74) is 8.45. The van der Waals surface area contributed by atoms with E-state index in [1.165, 1.54) is 33.0 Å². The maximum absolute atomic E-state index is 12.1. The first-order valence-corrected chi connectivity index (χ1v) is 16.0. The molecule has 3 aromatic carbocycles. The summed E-state index contributed by atoms with van der Waals surface area (Å²) >= 11 is 0. The van der Waals surface area contributed by atoms with E-state index in [2.05, 4.69) is 94.2 Å². The highest BCUT2D eigenvalue weighted by molar-refractivity contribution is 6.94. The van der Waals surface area contributed by atoms with Crippen molar-refractivity contribution >= 4 is 30.9 Å². The van der Waals surface area contributed by atoms with Crippen LogP contribution in [0.3, 0.4) is 0 Å². The number of hydrogen-bond donors (Lipinski definition) is 0. The Morgan fingerprint density at radius 3 is 2.23 bits per heavy atom. The number of rotatable bonds is 6. The Balaban J connectivity index is 1.80. The van der Waals surface area contributed by atoms with Crippen molar-refractivity contribution in [3.63, 3.8) is 0 Å². The molecule has 0 bridgehead atoms. The Morgan fingerprint density at radius 2 is 1.60 bits per heavy atom. The first kappa shape index (κ1) is 24.9. The molecule has 0 amide bonds. The lowest BCUT2D eigenvalue weighted by molar-refractivity contribution is 0.0526. The van der Waals surface area contributed by atoms with E-state index >= 15 is 0 Å². The topological polar surface area (TPSA) is 26.3 Å². The van der Waals surface area contributed by atoms with E-state index in [9.17, 15) is 4.79 Å². The van der Waals surface area contributed by atoms with Gasteiger partial charge in [0.1, 0.15) is 0 Å². The van der Waals surface area contributed by atoms with Crippen LogP contribution >= 0.6 is 0 Å². The van der Waals surface area contributed by atoms with Gasteiger partial charge in [0.15, 0.2) is 0 Å². The minimum absolute atomic E-state index is 0.109. The van der Waals surface area contributed by atoms with Crippen LogP contribution < -0.4 is 0 Å². The van der Waals surface area contributed by atoms with Crippen LogP contribution in [0.5, 0.6) is 0 Å². The lowest BCUT2D eigenvalue weighted by atomic mass is 9.72. The molecule has 0 N–H and O–H groups in total. The predicted octanol–water partition coefficient (Wildman–Crippen LogP) is 8.39. The van der Waals surface area contributed by atoms with E-state index in [4.69, 9.17) is 4.74 Å². The molecule has 3 heteroatoms. The molecule has 0 saturated carbocycles. The van der Waals surface area contributed by atoms with Crippen LogP contribution in [0.15, 0.2) is 78.9 Å². The average molecular weight is 481 g/mol. The SMILES string of the molecule is CCOC(=O)c1ccc(C=C(c2ccc3c(c2)C(c2ccccc2)=CCC3(C)C)[Si](C)(C)C)cc1. The number of esters is 1. The van der Waals surface area contributed by atoms with Gasteiger partial charge in [-0.1, -0.05) is 105 Å². The molecule has 0 radical (unpaired) electrons. The van der Waals surface area contributed by atoms with Gasteiger partial charge in [-0.25, -0.2) is 4.79 Å². The molecular weight excluding hydrogens is 444 g/mol. The number of hydrogen-bond acceptors (Lipinski definition) is 2. The van der Waals surface area contributed by atoms with Gasteiger partial charge in [-0.3, -0.25) is 0 Å². The van der Waals surface area contributed by atoms with Gasteiger partial charge in [0.05, 0.1) is 20.2 Å². The van der Waals surface area contributed by atoms with Gasteiger partial charge in [-0.2, -0.15) is 0 Å². The predicted molar refractivity (Wildman–Crippen MR) is 151 cm³/mol. The molecule has 0 saturated heterocycles. The molecule has 4 rings (SSSR count). The highest BCUT2D eigenvalue weighted by Crippen LogP contribution is 2.43. The third-order valence-electron chi connectivity index (χ3n) is 6.79. The van der Waals surface area contributed by atoms with E-state index in [1.54, 1.807) is 0 Å². The third-order valence-corrected chi connectivity index (χ3v) is 8.84. The third kappa shape index (κ3) is 5.41. The first-order valence-electron chi connectivity index (χ1n) is 12.5. The molecule has 0 unspecified atom stereocenters. The van der Waals surface area contributed by atoms with Gasteiger partial charge in [0, 0.05) is 0 Å². The van der Waals surface area contributed by atoms with E-state index < -0.39 is 8.07 Å². The maximum atomic E-state index is 12.1. The highest BCUT2D eigenvalue weighted by Gasteiger charge is 2.30. The Hall–Kier alpha value is -3.17. The number of carbonyl (C=O) groups excluding carboxylic acids is 1. The van der Waals surface area contributed by atoms with Crippen LogP contribution in [-0.4, -0.2) is 20.7 Å². The number of benzene rings is 3. The fourth-order valence-corrected chi connectivity index (χ4v) is 6.44. The summed E-state index contributed by atoms with van der Waals surface area (Å²) < 4.78 is 5.14. The van der Waals surface area contributed by atoms with Crippen LogP contribution in [0.4, 0.5) is 0 Å². The molecule has 2 nitrogen and oxygen atoms in total. The van der Waals surface area contributed by atoms with Gasteiger partial charge >= 0.3 is 5.97 Å². The number of carbonyl (C=O) groups is 1. The molecule has 0 fully saturated rings. The summed E-state index contributed by atoms with van der Waals surface area (Å²) in [4.78, 5) is 12.1. The van der Waals surface area contributed by atoms with Gasteiger partial charge in [-0.15, -0.1) is 0 Å². The summed E-state index contributed by atoms with van der Waals surface area (Å²) in [5.74, 6) is -0.272. The molecule has 3 aromatic rings. The van der Waals surface area contributed by atoms with Crippen LogP contribution in [-0.2, 0) is 10.2 Å². The fraction of sp³-hybridized carbons (Fsp3) is 0.281. The highest BCUT2D eigenvalue weighted by atomic mass is 28.3. The van der Waals surface area contributed by atoms with Gasteiger partial charge in [0.25, 0.3) is 0 Å². The molecule has 1 aliphatic carbocycles. The summed E-state index contributed by atoms with van der Waals surface area (Å²) in [6.45, 7) is 14.1. The van der Waals surface area contributed by atoms with Gasteiger partial charge < -0.3 is 4.74 Å². The Labute approximate surface area is 211 Å². The molecule has 0 aromatic heterocycles. The molecule has 180 valence electrons. The standard InChI is InChI=1S/C32H36O2Si/c1-7-34-31(33)25-15-13-23(14-16-25)21-30(35(4,5)6)26-17-18-29-28(22-26)27(19-20-32(29,2)3)24-11-9-8-10-12-24/h8-19,21-22H,7,20H2,1-6H3. The van der Waals surface area contributed by atoms with Crippen molar-refractivity contribution in [1.82, 2.24) is 0 Å². The molecule has 35 heavy (non-hydrogen) atoms. The number of fused-ring (bicyclic) bond motifs is 1. The second-order valence-corrected chi connectivity index (χ2v) is 16.0. The van der Waals surface area contributed by atoms with Crippen molar-refractivity contribution in [2.75, 3.05) is 6.61 Å². The van der Waals surface area contributed by atoms with Crippen molar-refractivity contribution in [2.45, 2.75) is 52.2 Å². The number of allylic oxidation sites excluding steroid dienone is 1. The lowest BCUT2D eigenvalue weighted by Gasteiger charge is -2.33. The molecule has 0 atom stereocenters. The van der Waals surface area contributed by atoms with E-state index in [-0.39, 0.29) is 11.4 Å². The molecule has 0 aliphatic heterocycles. The zero-order valence-electron chi connectivity index (χ0n) is 21.8. The zero-order chi connectivity index (χ0) is 25.2. The normalized spacial score (nSPS) is 15.3. The Kier molecular flexibility index (Phi) is 7.00. The Bertz CT molecular complexity index is 1270. The largest absolute Gasteiger partial charge is 0.462 e. The van der Waals surface area contributed by atoms with Gasteiger partial charge in [0.2, 0.25) is 0 Å². The lowest BCUT2D eigenvalue weighted by Crippen LogP contribution is -2.25. The van der Waals surface area contributed by atoms with E-state index in [1.807, 2.05) is 31.2 Å². The summed E-state index contributed by atoms with van der Waals surface area (Å²) in [6, 6.07) is 25.5. The molecule has 0 heterocycles. The van der Waals surface area contributed by atoms with Crippen molar-refractivity contribution in [1.29, 1.82) is 0 Å². The van der Waals surface area contributed by atoms with Gasteiger partial charge in [-0.05, 0) is 70.3 Å². The Morgan fingerprint density at radius 1 is 0.943 bits per heavy atom. The smallest absolute Gasteiger partial charge is 0.338 e. The fourth-order valence-electron chi connectivity index (χ4n) is 4.82. The first-order chi connectivity index (χ1) is 16.6. The average Bonchev–Trinajstić information content (AvgIpc) is 2.82. The quantitative estimate of drug-likeness (QED) is 0.201. The minimum atomic E-state index is -1.69. The maximum Gasteiger partial charge on any atom is 0.338 e. The summed E-state index contributed by atoms with van der Waals surface area (Å²) in [7, 11) is -1.69. The van der Waals surface area contributed by atoms with Crippen molar-refractivity contribution in [2.24, 2.45) is 0 Å². The van der Waals surface area contributed by atoms with Crippen LogP contribution in [0.2, 0.25) is 19.6 Å².